The van der Waals surface area contributed by atoms with Gasteiger partial charge in [0, 0.05) is 37.8 Å². The second kappa shape index (κ2) is 10.4. The molecule has 0 radical (unpaired) electrons. The molecule has 1 amide bonds. The Bertz CT molecular complexity index is 1130. The third-order valence-corrected chi connectivity index (χ3v) is 13.0. The summed E-state index contributed by atoms with van der Waals surface area (Å²) in [7, 11) is 0. The van der Waals surface area contributed by atoms with Gasteiger partial charge in [0.2, 0.25) is 0 Å². The summed E-state index contributed by atoms with van der Waals surface area (Å²) in [6.45, 7) is 12.2. The molecule has 5 aliphatic rings. The molecule has 6 rings (SSSR count). The maximum absolute atomic E-state index is 12.6. The molecule has 40 heavy (non-hydrogen) atoms. The number of hydrogen-bond acceptors (Lipinski definition) is 7. The molecule has 0 bridgehead atoms. The summed E-state index contributed by atoms with van der Waals surface area (Å²) in [4.78, 5) is 26.6. The number of ether oxygens (including phenoxy) is 2. The normalized spacial score (nSPS) is 43.3. The van der Waals surface area contributed by atoms with Crippen molar-refractivity contribution in [2.24, 2.45) is 33.8 Å². The third kappa shape index (κ3) is 4.44. The molecule has 8 nitrogen and oxygen atoms in total. The van der Waals surface area contributed by atoms with Crippen LogP contribution in [-0.2, 0) is 9.47 Å². The molecule has 0 aromatic carbocycles. The van der Waals surface area contributed by atoms with Crippen LogP contribution in [0.4, 0.5) is 4.79 Å². The first-order valence-electron chi connectivity index (χ1n) is 15.7. The summed E-state index contributed by atoms with van der Waals surface area (Å²) in [6, 6.07) is 3.54. The van der Waals surface area contributed by atoms with E-state index in [-0.39, 0.29) is 39.6 Å². The van der Waals surface area contributed by atoms with Crippen LogP contribution in [0, 0.1) is 28.1 Å². The van der Waals surface area contributed by atoms with Crippen molar-refractivity contribution in [3.8, 4) is 0 Å². The van der Waals surface area contributed by atoms with E-state index >= 15 is 0 Å². The Morgan fingerprint density at radius 3 is 2.62 bits per heavy atom. The Kier molecular flexibility index (Phi) is 7.36. The van der Waals surface area contributed by atoms with Crippen LogP contribution in [0.5, 0.6) is 0 Å². The van der Waals surface area contributed by atoms with Crippen LogP contribution in [0.25, 0.3) is 0 Å². The van der Waals surface area contributed by atoms with Gasteiger partial charge >= 0.3 is 11.7 Å². The summed E-state index contributed by atoms with van der Waals surface area (Å²) in [6.07, 6.45) is 10.9. The van der Waals surface area contributed by atoms with Crippen molar-refractivity contribution in [2.75, 3.05) is 39.4 Å². The van der Waals surface area contributed by atoms with E-state index in [1.807, 2.05) is 6.07 Å². The molecular formula is C32H49N3O5. The number of alkyl carbamates (subject to hydrolysis) is 1. The topological polar surface area (TPSA) is 107 Å². The Hall–Kier alpha value is -1.90. The summed E-state index contributed by atoms with van der Waals surface area (Å²) in [5.41, 5.74) is 8.57. The molecular weight excluding hydrogens is 506 g/mol. The summed E-state index contributed by atoms with van der Waals surface area (Å²) < 4.78 is 16.7. The van der Waals surface area contributed by atoms with E-state index in [0.29, 0.717) is 24.3 Å². The van der Waals surface area contributed by atoms with Crippen molar-refractivity contribution < 1.29 is 18.7 Å². The van der Waals surface area contributed by atoms with Crippen molar-refractivity contribution in [3.05, 3.63) is 34.4 Å². The lowest BCUT2D eigenvalue weighted by molar-refractivity contribution is -0.171. The van der Waals surface area contributed by atoms with Crippen LogP contribution in [0.2, 0.25) is 0 Å². The molecule has 8 heteroatoms. The molecule has 4 saturated carbocycles. The van der Waals surface area contributed by atoms with Gasteiger partial charge in [-0.2, -0.15) is 0 Å². The van der Waals surface area contributed by atoms with Crippen molar-refractivity contribution >= 4 is 6.09 Å². The number of morpholine rings is 1. The SMILES string of the molecule is CC12CCC(OC(=O)NCCN3CCOCC3)CC1CCC1(N)C2CCC2(C)C(c3ccc(=O)oc3)CCC21C. The van der Waals surface area contributed by atoms with Gasteiger partial charge in [-0.1, -0.05) is 20.8 Å². The first kappa shape index (κ1) is 28.2. The van der Waals surface area contributed by atoms with E-state index in [1.165, 1.54) is 0 Å². The van der Waals surface area contributed by atoms with E-state index < -0.39 is 0 Å². The Morgan fingerprint density at radius 2 is 1.88 bits per heavy atom. The highest BCUT2D eigenvalue weighted by Gasteiger charge is 2.71. The molecule has 2 heterocycles. The molecule has 222 valence electrons. The van der Waals surface area contributed by atoms with Gasteiger partial charge in [-0.25, -0.2) is 9.59 Å². The van der Waals surface area contributed by atoms with Gasteiger partial charge < -0.3 is 24.9 Å². The number of nitrogens with one attached hydrogen (secondary N) is 1. The van der Waals surface area contributed by atoms with Crippen molar-refractivity contribution in [2.45, 2.75) is 96.1 Å². The number of carbonyl (C=O) groups excluding carboxylic acids is 1. The second-order valence-electron chi connectivity index (χ2n) is 14.3. The van der Waals surface area contributed by atoms with Gasteiger partial charge in [0.25, 0.3) is 0 Å². The van der Waals surface area contributed by atoms with Crippen molar-refractivity contribution in [1.82, 2.24) is 10.2 Å². The largest absolute Gasteiger partial charge is 0.446 e. The number of hydrogen-bond donors (Lipinski definition) is 2. The first-order chi connectivity index (χ1) is 19.1. The predicted octanol–water partition coefficient (Wildman–Crippen LogP) is 4.66. The average molecular weight is 556 g/mol. The number of rotatable bonds is 5. The van der Waals surface area contributed by atoms with E-state index in [2.05, 4.69) is 31.0 Å². The molecule has 8 unspecified atom stereocenters. The van der Waals surface area contributed by atoms with E-state index in [4.69, 9.17) is 19.6 Å². The van der Waals surface area contributed by atoms with Gasteiger partial charge in [0.1, 0.15) is 6.10 Å². The standard InChI is InChI=1S/C32H49N3O5/c1-29-10-7-24(40-28(37)34-14-15-35-16-18-38-19-17-35)20-23(29)6-13-32(33)26(29)9-11-30(2)25(8-12-31(30,32)3)22-4-5-27(36)39-21-22/h4-5,21,23-26H,6-20,33H2,1-3H3,(H,34,37). The maximum atomic E-state index is 12.6. The molecule has 3 N–H and O–H groups in total. The van der Waals surface area contributed by atoms with Crippen LogP contribution in [0.1, 0.15) is 90.0 Å². The van der Waals surface area contributed by atoms with Crippen molar-refractivity contribution in [1.29, 1.82) is 0 Å². The lowest BCUT2D eigenvalue weighted by Gasteiger charge is -2.69. The van der Waals surface area contributed by atoms with Crippen LogP contribution in [0.15, 0.2) is 27.6 Å². The number of nitrogens with two attached hydrogens (primary N) is 1. The minimum atomic E-state index is -0.287. The Labute approximate surface area is 238 Å². The van der Waals surface area contributed by atoms with Gasteiger partial charge in [0.05, 0.1) is 19.5 Å². The van der Waals surface area contributed by atoms with Crippen LogP contribution < -0.4 is 16.7 Å². The number of carbonyl (C=O) groups is 1. The molecule has 1 saturated heterocycles. The number of fused-ring (bicyclic) bond motifs is 5. The quantitative estimate of drug-likeness (QED) is 0.544. The highest BCUT2D eigenvalue weighted by Crippen LogP contribution is 2.74. The molecule has 1 aromatic heterocycles. The lowest BCUT2D eigenvalue weighted by atomic mass is 9.37. The van der Waals surface area contributed by atoms with Crippen LogP contribution in [-0.4, -0.2) is 62.0 Å². The fourth-order valence-corrected chi connectivity index (χ4v) is 10.3. The Morgan fingerprint density at radius 1 is 1.07 bits per heavy atom. The monoisotopic (exact) mass is 555 g/mol. The minimum absolute atomic E-state index is 0.0141. The molecule has 5 fully saturated rings. The lowest BCUT2D eigenvalue weighted by Crippen LogP contribution is -2.72. The molecule has 4 aliphatic carbocycles. The predicted molar refractivity (Wildman–Crippen MR) is 153 cm³/mol. The number of nitrogens with zero attached hydrogens (tertiary/aromatic N) is 1. The molecule has 0 spiro atoms. The van der Waals surface area contributed by atoms with E-state index in [1.54, 1.807) is 12.3 Å². The summed E-state index contributed by atoms with van der Waals surface area (Å²) in [5, 5.41) is 2.98. The summed E-state index contributed by atoms with van der Waals surface area (Å²) >= 11 is 0. The zero-order valence-corrected chi connectivity index (χ0v) is 24.7. The van der Waals surface area contributed by atoms with Gasteiger partial charge in [-0.15, -0.1) is 0 Å². The first-order valence-corrected chi connectivity index (χ1v) is 15.7. The van der Waals surface area contributed by atoms with Crippen molar-refractivity contribution in [3.63, 3.8) is 0 Å². The zero-order chi connectivity index (χ0) is 28.2. The smallest absolute Gasteiger partial charge is 0.407 e. The highest BCUT2D eigenvalue weighted by molar-refractivity contribution is 5.67. The van der Waals surface area contributed by atoms with Crippen LogP contribution in [0.3, 0.4) is 0 Å². The fraction of sp³-hybridized carbons (Fsp3) is 0.812. The molecule has 1 aliphatic heterocycles. The molecule has 8 atom stereocenters. The Balaban J connectivity index is 1.11. The van der Waals surface area contributed by atoms with Gasteiger partial charge in [-0.3, -0.25) is 4.90 Å². The fourth-order valence-electron chi connectivity index (χ4n) is 10.3. The van der Waals surface area contributed by atoms with Crippen LogP contribution >= 0.6 is 0 Å². The van der Waals surface area contributed by atoms with E-state index in [9.17, 15) is 9.59 Å². The zero-order valence-electron chi connectivity index (χ0n) is 24.7. The molecule has 1 aromatic rings. The third-order valence-electron chi connectivity index (χ3n) is 13.0. The number of amides is 1. The highest BCUT2D eigenvalue weighted by atomic mass is 16.6. The average Bonchev–Trinajstić information content (AvgIpc) is 3.22. The van der Waals surface area contributed by atoms with E-state index in [0.717, 1.165) is 96.2 Å². The second-order valence-corrected chi connectivity index (χ2v) is 14.3. The van der Waals surface area contributed by atoms with Gasteiger partial charge in [-0.05, 0) is 103 Å². The minimum Gasteiger partial charge on any atom is -0.446 e. The maximum Gasteiger partial charge on any atom is 0.407 e. The van der Waals surface area contributed by atoms with Gasteiger partial charge in [0.15, 0.2) is 0 Å². The summed E-state index contributed by atoms with van der Waals surface area (Å²) in [5.74, 6) is 1.36.